The average Bonchev–Trinajstić information content (AvgIpc) is 2.80. The van der Waals surface area contributed by atoms with Crippen LogP contribution in [0, 0.1) is 0 Å². The van der Waals surface area contributed by atoms with Gasteiger partial charge in [-0.1, -0.05) is 60.1 Å². The predicted octanol–water partition coefficient (Wildman–Crippen LogP) is 4.23. The van der Waals surface area contributed by atoms with Gasteiger partial charge in [0.05, 0.1) is 11.9 Å². The Labute approximate surface area is 201 Å². The second-order valence-corrected chi connectivity index (χ2v) is 10.3. The zero-order chi connectivity index (χ0) is 23.4. The molecule has 3 aromatic carbocycles. The number of para-hydroxylation sites is 1. The highest BCUT2D eigenvalue weighted by Gasteiger charge is 2.22. The fraction of sp³-hybridized carbons (Fsp3) is 0.280. The van der Waals surface area contributed by atoms with E-state index in [9.17, 15) is 8.42 Å². The van der Waals surface area contributed by atoms with Gasteiger partial charge in [0.25, 0.3) is 0 Å². The maximum absolute atomic E-state index is 11.9. The number of anilines is 1. The fourth-order valence-electron chi connectivity index (χ4n) is 4.16. The Morgan fingerprint density at radius 1 is 0.909 bits per heavy atom. The zero-order valence-electron chi connectivity index (χ0n) is 18.6. The first-order valence-electron chi connectivity index (χ1n) is 11.0. The number of primary sulfonamides is 1. The van der Waals surface area contributed by atoms with Crippen molar-refractivity contribution < 1.29 is 8.42 Å². The molecule has 174 valence electrons. The van der Waals surface area contributed by atoms with Crippen molar-refractivity contribution in [2.75, 3.05) is 31.5 Å². The first kappa shape index (κ1) is 23.7. The average molecular weight is 485 g/mol. The Morgan fingerprint density at radius 2 is 1.48 bits per heavy atom. The lowest BCUT2D eigenvalue weighted by atomic mass is 10.0. The number of nitrogens with zero attached hydrogens (tertiary/aromatic N) is 2. The molecule has 1 fully saturated rings. The van der Waals surface area contributed by atoms with Crippen molar-refractivity contribution in [2.45, 2.75) is 24.5 Å². The zero-order valence-corrected chi connectivity index (χ0v) is 20.2. The maximum Gasteiger partial charge on any atom is 0.240 e. The van der Waals surface area contributed by atoms with Crippen molar-refractivity contribution >= 4 is 27.3 Å². The molecule has 0 bridgehead atoms. The lowest BCUT2D eigenvalue weighted by molar-refractivity contribution is 0.107. The van der Waals surface area contributed by atoms with Crippen LogP contribution in [0.4, 0.5) is 5.69 Å². The number of nitrogens with two attached hydrogens (primary N) is 1. The van der Waals surface area contributed by atoms with Gasteiger partial charge in [-0.3, -0.25) is 9.80 Å². The van der Waals surface area contributed by atoms with Crippen LogP contribution >= 0.6 is 11.6 Å². The van der Waals surface area contributed by atoms with Crippen LogP contribution in [-0.2, 0) is 16.6 Å². The van der Waals surface area contributed by atoms with E-state index in [1.807, 2.05) is 31.2 Å². The van der Waals surface area contributed by atoms with Crippen molar-refractivity contribution in [1.29, 1.82) is 0 Å². The molecule has 0 saturated carbocycles. The summed E-state index contributed by atoms with van der Waals surface area (Å²) in [5, 5.41) is 9.42. The lowest BCUT2D eigenvalue weighted by Crippen LogP contribution is -2.51. The van der Waals surface area contributed by atoms with Crippen molar-refractivity contribution in [3.63, 3.8) is 0 Å². The molecule has 0 aromatic heterocycles. The smallest absolute Gasteiger partial charge is 0.240 e. The molecule has 0 spiro atoms. The van der Waals surface area contributed by atoms with Gasteiger partial charge in [-0.05, 0) is 47.9 Å². The first-order chi connectivity index (χ1) is 15.8. The van der Waals surface area contributed by atoms with Gasteiger partial charge in [0.1, 0.15) is 4.90 Å². The summed E-state index contributed by atoms with van der Waals surface area (Å²) < 4.78 is 23.7. The predicted molar refractivity (Wildman–Crippen MR) is 135 cm³/mol. The summed E-state index contributed by atoms with van der Waals surface area (Å²) in [6, 6.07) is 23.3. The Kier molecular flexibility index (Phi) is 7.36. The highest BCUT2D eigenvalue weighted by atomic mass is 35.5. The first-order valence-corrected chi connectivity index (χ1v) is 12.9. The largest absolute Gasteiger partial charge is 0.369 e. The molecule has 4 rings (SSSR count). The van der Waals surface area contributed by atoms with E-state index in [4.69, 9.17) is 16.7 Å². The van der Waals surface area contributed by atoms with E-state index in [2.05, 4.69) is 39.4 Å². The number of hydrogen-bond donors (Lipinski definition) is 2. The molecule has 1 heterocycles. The maximum atomic E-state index is 11.9. The molecule has 6 nitrogen and oxygen atoms in total. The topological polar surface area (TPSA) is 78.7 Å². The van der Waals surface area contributed by atoms with E-state index in [1.165, 1.54) is 17.2 Å². The Morgan fingerprint density at radius 3 is 2.09 bits per heavy atom. The van der Waals surface area contributed by atoms with Crippen LogP contribution in [0.5, 0.6) is 0 Å². The molecule has 1 aliphatic heterocycles. The molecule has 0 aliphatic carbocycles. The number of halogens is 1. The minimum atomic E-state index is -3.77. The number of sulfonamides is 1. The van der Waals surface area contributed by atoms with Crippen LogP contribution in [0.3, 0.4) is 0 Å². The SMILES string of the molecule is C[C@H](Nc1ccccc1S(N)(=O)=O)N1CCN(Cc2ccc(-c3ccc(Cl)cc3)cc2)CC1. The molecular weight excluding hydrogens is 456 g/mol. The van der Waals surface area contributed by atoms with Crippen LogP contribution in [0.2, 0.25) is 5.02 Å². The van der Waals surface area contributed by atoms with E-state index in [-0.39, 0.29) is 11.1 Å². The fourth-order valence-corrected chi connectivity index (χ4v) is 4.99. The molecule has 3 N–H and O–H groups in total. The van der Waals surface area contributed by atoms with Gasteiger partial charge in [0.2, 0.25) is 10.0 Å². The number of nitrogens with one attached hydrogen (secondary N) is 1. The number of piperazine rings is 1. The van der Waals surface area contributed by atoms with Crippen molar-refractivity contribution in [3.05, 3.63) is 83.4 Å². The van der Waals surface area contributed by atoms with Gasteiger partial charge in [0.15, 0.2) is 0 Å². The minimum Gasteiger partial charge on any atom is -0.369 e. The molecule has 1 atom stereocenters. The van der Waals surface area contributed by atoms with Crippen molar-refractivity contribution in [1.82, 2.24) is 9.80 Å². The summed E-state index contributed by atoms with van der Waals surface area (Å²) in [7, 11) is -3.77. The van der Waals surface area contributed by atoms with Crippen LogP contribution in [0.25, 0.3) is 11.1 Å². The summed E-state index contributed by atoms with van der Waals surface area (Å²) in [6.45, 7) is 6.64. The van der Waals surface area contributed by atoms with Gasteiger partial charge in [-0.2, -0.15) is 0 Å². The molecule has 33 heavy (non-hydrogen) atoms. The van der Waals surface area contributed by atoms with Crippen LogP contribution in [0.1, 0.15) is 12.5 Å². The van der Waals surface area contributed by atoms with Gasteiger partial charge in [-0.25, -0.2) is 13.6 Å². The molecule has 1 saturated heterocycles. The Balaban J connectivity index is 1.31. The van der Waals surface area contributed by atoms with Gasteiger partial charge >= 0.3 is 0 Å². The molecular formula is C25H29ClN4O2S. The van der Waals surface area contributed by atoms with E-state index < -0.39 is 10.0 Å². The summed E-state index contributed by atoms with van der Waals surface area (Å²) >= 11 is 5.99. The van der Waals surface area contributed by atoms with Gasteiger partial charge in [0, 0.05) is 37.7 Å². The third-order valence-electron chi connectivity index (χ3n) is 6.05. The minimum absolute atomic E-state index is 0.00582. The van der Waals surface area contributed by atoms with E-state index in [1.54, 1.807) is 18.2 Å². The Hall–Kier alpha value is -2.42. The van der Waals surface area contributed by atoms with Crippen LogP contribution in [-0.4, -0.2) is 50.6 Å². The van der Waals surface area contributed by atoms with E-state index in [0.29, 0.717) is 5.69 Å². The summed E-state index contributed by atoms with van der Waals surface area (Å²) in [4.78, 5) is 4.89. The number of benzene rings is 3. The number of hydrogen-bond acceptors (Lipinski definition) is 5. The molecule has 3 aromatic rings. The normalized spacial score (nSPS) is 16.5. The molecule has 0 amide bonds. The van der Waals surface area contributed by atoms with E-state index >= 15 is 0 Å². The van der Waals surface area contributed by atoms with Crippen molar-refractivity contribution in [3.8, 4) is 11.1 Å². The molecule has 0 unspecified atom stereocenters. The summed E-state index contributed by atoms with van der Waals surface area (Å²) in [5.41, 5.74) is 4.16. The van der Waals surface area contributed by atoms with Crippen molar-refractivity contribution in [2.24, 2.45) is 5.14 Å². The van der Waals surface area contributed by atoms with Gasteiger partial charge < -0.3 is 5.32 Å². The van der Waals surface area contributed by atoms with Crippen LogP contribution < -0.4 is 10.5 Å². The molecule has 1 aliphatic rings. The monoisotopic (exact) mass is 484 g/mol. The van der Waals surface area contributed by atoms with E-state index in [0.717, 1.165) is 43.3 Å². The summed E-state index contributed by atoms with van der Waals surface area (Å²) in [5.74, 6) is 0. The van der Waals surface area contributed by atoms with Crippen LogP contribution in [0.15, 0.2) is 77.7 Å². The summed E-state index contributed by atoms with van der Waals surface area (Å²) in [6.07, 6.45) is -0.00582. The second-order valence-electron chi connectivity index (χ2n) is 8.38. The van der Waals surface area contributed by atoms with Gasteiger partial charge in [-0.15, -0.1) is 0 Å². The molecule has 8 heteroatoms. The highest BCUT2D eigenvalue weighted by Crippen LogP contribution is 2.23. The quantitative estimate of drug-likeness (QED) is 0.524. The second kappa shape index (κ2) is 10.2. The Bertz CT molecular complexity index is 1180. The number of rotatable bonds is 7. The molecule has 0 radical (unpaired) electrons. The third-order valence-corrected chi connectivity index (χ3v) is 7.27. The standard InChI is InChI=1S/C25H29ClN4O2S/c1-19(28-24-4-2-3-5-25(24)33(27,31)32)30-16-14-29(15-17-30)18-20-6-8-21(9-7-20)22-10-12-23(26)13-11-22/h2-13,19,28H,14-18H2,1H3,(H2,27,31,32)/t19-/m1/s1. The third kappa shape index (κ3) is 6.13. The lowest BCUT2D eigenvalue weighted by Gasteiger charge is -2.38. The highest BCUT2D eigenvalue weighted by molar-refractivity contribution is 7.89.